The van der Waals surface area contributed by atoms with E-state index in [1.54, 1.807) is 0 Å². The van der Waals surface area contributed by atoms with Crippen LogP contribution < -0.4 is 5.32 Å². The van der Waals surface area contributed by atoms with Crippen LogP contribution in [0.5, 0.6) is 0 Å². The van der Waals surface area contributed by atoms with Gasteiger partial charge in [-0.1, -0.05) is 50.5 Å². The van der Waals surface area contributed by atoms with Crippen molar-refractivity contribution in [1.82, 2.24) is 5.32 Å². The van der Waals surface area contributed by atoms with Crippen LogP contribution in [0.2, 0.25) is 0 Å². The number of benzene rings is 1. The molecular weight excluding hydrogens is 262 g/mol. The van der Waals surface area contributed by atoms with Crippen LogP contribution in [-0.2, 0) is 6.42 Å². The molecule has 0 amide bonds. The van der Waals surface area contributed by atoms with Gasteiger partial charge in [-0.3, -0.25) is 0 Å². The second-order valence-corrected chi connectivity index (χ2v) is 7.42. The van der Waals surface area contributed by atoms with Gasteiger partial charge in [0.1, 0.15) is 0 Å². The average molecular weight is 292 g/mol. The Labute approximate surface area is 128 Å². The lowest BCUT2D eigenvalue weighted by molar-refractivity contribution is 0.367. The zero-order valence-electron chi connectivity index (χ0n) is 13.2. The number of aryl methyl sites for hydroxylation is 1. The molecule has 112 valence electrons. The van der Waals surface area contributed by atoms with Gasteiger partial charge < -0.3 is 5.32 Å². The summed E-state index contributed by atoms with van der Waals surface area (Å²) in [6.45, 7) is 5.64. The molecule has 1 aromatic rings. The molecule has 0 radical (unpaired) electrons. The highest BCUT2D eigenvalue weighted by atomic mass is 32.2. The maximum atomic E-state index is 3.78. The minimum Gasteiger partial charge on any atom is -0.309 e. The van der Waals surface area contributed by atoms with Crippen LogP contribution in [0.1, 0.15) is 63.1 Å². The van der Waals surface area contributed by atoms with Gasteiger partial charge in [-0.25, -0.2) is 0 Å². The summed E-state index contributed by atoms with van der Waals surface area (Å²) < 4.78 is 0.482. The first-order chi connectivity index (χ1) is 9.69. The van der Waals surface area contributed by atoms with E-state index in [0.717, 1.165) is 13.0 Å². The molecule has 0 saturated heterocycles. The van der Waals surface area contributed by atoms with Crippen molar-refractivity contribution in [2.75, 3.05) is 12.8 Å². The Kier molecular flexibility index (Phi) is 5.98. The monoisotopic (exact) mass is 291 g/mol. The lowest BCUT2D eigenvalue weighted by Gasteiger charge is -2.37. The highest BCUT2D eigenvalue weighted by molar-refractivity contribution is 8.00. The third-order valence-electron chi connectivity index (χ3n) is 4.82. The second kappa shape index (κ2) is 7.51. The van der Waals surface area contributed by atoms with E-state index in [1.165, 1.54) is 43.2 Å². The molecule has 2 rings (SSSR count). The molecule has 20 heavy (non-hydrogen) atoms. The third kappa shape index (κ3) is 4.02. The van der Waals surface area contributed by atoms with Crippen molar-refractivity contribution in [1.29, 1.82) is 0 Å². The molecule has 1 aliphatic rings. The zero-order chi connectivity index (χ0) is 14.4. The van der Waals surface area contributed by atoms with Gasteiger partial charge in [-0.05, 0) is 43.6 Å². The molecule has 0 spiro atoms. The maximum Gasteiger partial charge on any atom is 0.0292 e. The smallest absolute Gasteiger partial charge is 0.0292 e. The number of hydrogen-bond donors (Lipinski definition) is 1. The fourth-order valence-electron chi connectivity index (χ4n) is 3.15. The molecule has 1 fully saturated rings. The Morgan fingerprint density at radius 2 is 1.80 bits per heavy atom. The predicted octanol–water partition coefficient (Wildman–Crippen LogP) is 4.97. The SMILES string of the molecule is CCc1ccc(C(C)NCC2(SC)CCCCC2)cc1. The van der Waals surface area contributed by atoms with Crippen molar-refractivity contribution in [2.24, 2.45) is 0 Å². The minimum absolute atomic E-state index is 0.451. The summed E-state index contributed by atoms with van der Waals surface area (Å²) in [7, 11) is 0. The molecule has 1 aromatic carbocycles. The molecule has 0 aromatic heterocycles. The summed E-state index contributed by atoms with van der Waals surface area (Å²) in [5.74, 6) is 0. The molecule has 1 nitrogen and oxygen atoms in total. The van der Waals surface area contributed by atoms with Gasteiger partial charge in [0, 0.05) is 17.3 Å². The van der Waals surface area contributed by atoms with Gasteiger partial charge >= 0.3 is 0 Å². The van der Waals surface area contributed by atoms with Crippen LogP contribution in [0.3, 0.4) is 0 Å². The van der Waals surface area contributed by atoms with Crippen LogP contribution in [0.4, 0.5) is 0 Å². The summed E-state index contributed by atoms with van der Waals surface area (Å²) >= 11 is 2.07. The third-order valence-corrected chi connectivity index (χ3v) is 6.23. The normalized spacial score (nSPS) is 19.8. The van der Waals surface area contributed by atoms with Crippen molar-refractivity contribution in [2.45, 2.75) is 63.2 Å². The summed E-state index contributed by atoms with van der Waals surface area (Å²) in [5.41, 5.74) is 2.84. The molecule has 1 N–H and O–H groups in total. The highest BCUT2D eigenvalue weighted by Crippen LogP contribution is 2.38. The maximum absolute atomic E-state index is 3.78. The Hall–Kier alpha value is -0.470. The lowest BCUT2D eigenvalue weighted by Crippen LogP contribution is -2.40. The van der Waals surface area contributed by atoms with E-state index in [2.05, 4.69) is 61.4 Å². The molecule has 1 saturated carbocycles. The first kappa shape index (κ1) is 15.9. The summed E-state index contributed by atoms with van der Waals surface area (Å²) in [5, 5.41) is 3.78. The largest absolute Gasteiger partial charge is 0.309 e. The van der Waals surface area contributed by atoms with Crippen LogP contribution >= 0.6 is 11.8 Å². The lowest BCUT2D eigenvalue weighted by atomic mass is 9.88. The molecule has 0 heterocycles. The fourth-order valence-corrected chi connectivity index (χ4v) is 4.07. The quantitative estimate of drug-likeness (QED) is 0.794. The molecule has 0 aliphatic heterocycles. The van der Waals surface area contributed by atoms with E-state index < -0.39 is 0 Å². The van der Waals surface area contributed by atoms with Crippen LogP contribution in [0.15, 0.2) is 24.3 Å². The molecular formula is C18H29NS. The van der Waals surface area contributed by atoms with E-state index in [-0.39, 0.29) is 0 Å². The van der Waals surface area contributed by atoms with E-state index in [9.17, 15) is 0 Å². The van der Waals surface area contributed by atoms with Gasteiger partial charge in [0.15, 0.2) is 0 Å². The van der Waals surface area contributed by atoms with E-state index in [0.29, 0.717) is 10.8 Å². The summed E-state index contributed by atoms with van der Waals surface area (Å²) in [6.07, 6.45) is 10.4. The predicted molar refractivity (Wildman–Crippen MR) is 91.6 cm³/mol. The van der Waals surface area contributed by atoms with Crippen LogP contribution in [-0.4, -0.2) is 17.5 Å². The van der Waals surface area contributed by atoms with Crippen molar-refractivity contribution >= 4 is 11.8 Å². The molecule has 1 aliphatic carbocycles. The topological polar surface area (TPSA) is 12.0 Å². The summed E-state index contributed by atoms with van der Waals surface area (Å²) in [4.78, 5) is 0. The van der Waals surface area contributed by atoms with Crippen molar-refractivity contribution < 1.29 is 0 Å². The molecule has 1 atom stereocenters. The van der Waals surface area contributed by atoms with E-state index in [4.69, 9.17) is 0 Å². The average Bonchev–Trinajstić information content (AvgIpc) is 2.53. The summed E-state index contributed by atoms with van der Waals surface area (Å²) in [6, 6.07) is 9.54. The molecule has 1 unspecified atom stereocenters. The van der Waals surface area contributed by atoms with Crippen LogP contribution in [0.25, 0.3) is 0 Å². The van der Waals surface area contributed by atoms with Gasteiger partial charge in [-0.15, -0.1) is 0 Å². The highest BCUT2D eigenvalue weighted by Gasteiger charge is 2.31. The number of nitrogens with one attached hydrogen (secondary N) is 1. The Morgan fingerprint density at radius 1 is 1.15 bits per heavy atom. The van der Waals surface area contributed by atoms with Gasteiger partial charge in [-0.2, -0.15) is 11.8 Å². The standard InChI is InChI=1S/C18H29NS/c1-4-16-8-10-17(11-9-16)15(2)19-14-18(20-3)12-6-5-7-13-18/h8-11,15,19H,4-7,12-14H2,1-3H3. The van der Waals surface area contributed by atoms with E-state index in [1.807, 2.05) is 0 Å². The zero-order valence-corrected chi connectivity index (χ0v) is 14.1. The second-order valence-electron chi connectivity index (χ2n) is 6.15. The molecule has 2 heteroatoms. The van der Waals surface area contributed by atoms with Gasteiger partial charge in [0.2, 0.25) is 0 Å². The van der Waals surface area contributed by atoms with Crippen molar-refractivity contribution in [3.8, 4) is 0 Å². The van der Waals surface area contributed by atoms with Crippen molar-refractivity contribution in [3.63, 3.8) is 0 Å². The number of thioether (sulfide) groups is 1. The first-order valence-electron chi connectivity index (χ1n) is 8.06. The van der Waals surface area contributed by atoms with Crippen molar-refractivity contribution in [3.05, 3.63) is 35.4 Å². The minimum atomic E-state index is 0.451. The Morgan fingerprint density at radius 3 is 2.35 bits per heavy atom. The Bertz CT molecular complexity index is 392. The fraction of sp³-hybridized carbons (Fsp3) is 0.667. The van der Waals surface area contributed by atoms with E-state index >= 15 is 0 Å². The van der Waals surface area contributed by atoms with Gasteiger partial charge in [0.25, 0.3) is 0 Å². The number of rotatable bonds is 6. The van der Waals surface area contributed by atoms with Crippen LogP contribution in [0, 0.1) is 0 Å². The number of hydrogen-bond acceptors (Lipinski definition) is 2. The Balaban J connectivity index is 1.91. The first-order valence-corrected chi connectivity index (χ1v) is 9.29. The van der Waals surface area contributed by atoms with Gasteiger partial charge in [0.05, 0.1) is 0 Å². The molecule has 0 bridgehead atoms.